The second kappa shape index (κ2) is 6.95. The summed E-state index contributed by atoms with van der Waals surface area (Å²) in [5.41, 5.74) is 0. The molecule has 0 aliphatic carbocycles. The van der Waals surface area contributed by atoms with Crippen LogP contribution in [-0.2, 0) is 27.7 Å². The number of ether oxygens (including phenoxy) is 1. The van der Waals surface area contributed by atoms with Gasteiger partial charge in [0, 0.05) is 0 Å². The van der Waals surface area contributed by atoms with Crippen molar-refractivity contribution in [2.75, 3.05) is 26.9 Å². The molecule has 0 amide bonds. The molecule has 0 aliphatic heterocycles. The summed E-state index contributed by atoms with van der Waals surface area (Å²) in [7, 11) is -2.38. The lowest BCUT2D eigenvalue weighted by Crippen LogP contribution is -2.11. The van der Waals surface area contributed by atoms with Crippen LogP contribution in [0.2, 0.25) is 0 Å². The Balaban J connectivity index is 4.08. The topological polar surface area (TPSA) is 71.1 Å². The van der Waals surface area contributed by atoms with E-state index in [-0.39, 0.29) is 13.2 Å². The minimum Gasteiger partial charge on any atom is -0.467 e. The van der Waals surface area contributed by atoms with Crippen LogP contribution in [0.3, 0.4) is 0 Å². The number of carbonyl (C=O) groups is 1. The van der Waals surface area contributed by atoms with Crippen LogP contribution < -0.4 is 0 Å². The summed E-state index contributed by atoms with van der Waals surface area (Å²) in [4.78, 5) is 10.7. The van der Waals surface area contributed by atoms with Crippen LogP contribution in [0.5, 0.6) is 0 Å². The standard InChI is InChI=1S/C7H15O6P/c1-4-11-14(9,12-5-2)13-6-7(8)10-3/h4-6H2,1-3H3. The SMILES string of the molecule is CCOP(=O)(OCC)OCC(=O)OC. The third-order valence-electron chi connectivity index (χ3n) is 1.14. The Kier molecular flexibility index (Phi) is 6.74. The van der Waals surface area contributed by atoms with Crippen molar-refractivity contribution in [3.63, 3.8) is 0 Å². The Labute approximate surface area is 83.1 Å². The Hall–Kier alpha value is -0.420. The Morgan fingerprint density at radius 3 is 2.00 bits per heavy atom. The van der Waals surface area contributed by atoms with Crippen LogP contribution in [0.1, 0.15) is 13.8 Å². The van der Waals surface area contributed by atoms with Crippen molar-refractivity contribution in [3.8, 4) is 0 Å². The molecule has 0 radical (unpaired) electrons. The van der Waals surface area contributed by atoms with E-state index in [1.54, 1.807) is 13.8 Å². The molecule has 14 heavy (non-hydrogen) atoms. The first-order chi connectivity index (χ1) is 6.58. The first-order valence-corrected chi connectivity index (χ1v) is 5.64. The first-order valence-electron chi connectivity index (χ1n) is 4.18. The van der Waals surface area contributed by atoms with E-state index in [4.69, 9.17) is 13.6 Å². The highest BCUT2D eigenvalue weighted by Gasteiger charge is 2.26. The lowest BCUT2D eigenvalue weighted by Gasteiger charge is -2.15. The first kappa shape index (κ1) is 13.6. The maximum Gasteiger partial charge on any atom is 0.475 e. The highest BCUT2D eigenvalue weighted by Crippen LogP contribution is 2.48. The molecular weight excluding hydrogens is 211 g/mol. The summed E-state index contributed by atoms with van der Waals surface area (Å²) >= 11 is 0. The molecule has 0 heterocycles. The van der Waals surface area contributed by atoms with Gasteiger partial charge in [0.1, 0.15) is 0 Å². The second-order valence-corrected chi connectivity index (χ2v) is 3.80. The van der Waals surface area contributed by atoms with Crippen LogP contribution in [-0.4, -0.2) is 32.9 Å². The predicted molar refractivity (Wildman–Crippen MR) is 48.8 cm³/mol. The number of esters is 1. The summed E-state index contributed by atoms with van der Waals surface area (Å²) in [6.45, 7) is 3.20. The van der Waals surface area contributed by atoms with E-state index in [9.17, 15) is 9.36 Å². The van der Waals surface area contributed by atoms with Crippen LogP contribution >= 0.6 is 7.82 Å². The lowest BCUT2D eigenvalue weighted by atomic mass is 10.8. The molecule has 0 saturated carbocycles. The van der Waals surface area contributed by atoms with E-state index in [0.717, 1.165) is 0 Å². The van der Waals surface area contributed by atoms with Crippen molar-refractivity contribution in [3.05, 3.63) is 0 Å². The van der Waals surface area contributed by atoms with E-state index in [1.807, 2.05) is 0 Å². The lowest BCUT2D eigenvalue weighted by molar-refractivity contribution is -0.143. The molecule has 0 aromatic rings. The van der Waals surface area contributed by atoms with Crippen molar-refractivity contribution >= 4 is 13.8 Å². The van der Waals surface area contributed by atoms with E-state index in [2.05, 4.69) is 4.74 Å². The molecule has 0 saturated heterocycles. The maximum atomic E-state index is 11.6. The second-order valence-electron chi connectivity index (χ2n) is 2.13. The van der Waals surface area contributed by atoms with Crippen molar-refractivity contribution < 1.29 is 27.7 Å². The molecule has 0 atom stereocenters. The molecular formula is C7H15O6P. The normalized spacial score (nSPS) is 11.4. The highest BCUT2D eigenvalue weighted by molar-refractivity contribution is 7.48. The zero-order valence-electron chi connectivity index (χ0n) is 8.52. The van der Waals surface area contributed by atoms with Gasteiger partial charge >= 0.3 is 13.8 Å². The molecule has 0 fully saturated rings. The molecule has 0 aliphatic rings. The molecule has 0 bridgehead atoms. The van der Waals surface area contributed by atoms with E-state index >= 15 is 0 Å². The number of methoxy groups -OCH3 is 1. The molecule has 6 nitrogen and oxygen atoms in total. The molecule has 0 aromatic carbocycles. The largest absolute Gasteiger partial charge is 0.475 e. The molecule has 7 heteroatoms. The third kappa shape index (κ3) is 5.34. The van der Waals surface area contributed by atoms with Gasteiger partial charge in [-0.3, -0.25) is 13.6 Å². The van der Waals surface area contributed by atoms with Gasteiger partial charge in [0.15, 0.2) is 6.61 Å². The molecule has 0 N–H and O–H groups in total. The van der Waals surface area contributed by atoms with E-state index in [0.29, 0.717) is 0 Å². The Morgan fingerprint density at radius 1 is 1.14 bits per heavy atom. The van der Waals surface area contributed by atoms with Gasteiger partial charge in [-0.25, -0.2) is 9.36 Å². The minimum absolute atomic E-state index is 0.179. The van der Waals surface area contributed by atoms with Gasteiger partial charge in [-0.15, -0.1) is 0 Å². The Bertz CT molecular complexity index is 206. The Morgan fingerprint density at radius 2 is 1.64 bits per heavy atom. The summed E-state index contributed by atoms with van der Waals surface area (Å²) in [6, 6.07) is 0. The quantitative estimate of drug-likeness (QED) is 0.482. The van der Waals surface area contributed by atoms with Gasteiger partial charge in [0.2, 0.25) is 0 Å². The van der Waals surface area contributed by atoms with Gasteiger partial charge < -0.3 is 4.74 Å². The van der Waals surface area contributed by atoms with Crippen LogP contribution in [0, 0.1) is 0 Å². The number of hydrogen-bond acceptors (Lipinski definition) is 6. The summed E-state index contributed by atoms with van der Waals surface area (Å²) < 4.78 is 30.1. The monoisotopic (exact) mass is 226 g/mol. The fourth-order valence-electron chi connectivity index (χ4n) is 0.619. The molecule has 0 rings (SSSR count). The zero-order valence-corrected chi connectivity index (χ0v) is 9.41. The molecule has 84 valence electrons. The number of phosphoric ester groups is 1. The summed E-state index contributed by atoms with van der Waals surface area (Å²) in [5, 5.41) is 0. The van der Waals surface area contributed by atoms with Crippen LogP contribution in [0.25, 0.3) is 0 Å². The van der Waals surface area contributed by atoms with Gasteiger partial charge in [0.05, 0.1) is 20.3 Å². The van der Waals surface area contributed by atoms with Crippen molar-refractivity contribution in [2.24, 2.45) is 0 Å². The molecule has 0 spiro atoms. The van der Waals surface area contributed by atoms with E-state index < -0.39 is 20.4 Å². The minimum atomic E-state index is -3.59. The number of rotatable bonds is 7. The molecule has 0 unspecified atom stereocenters. The number of carbonyl (C=O) groups excluding carboxylic acids is 1. The highest BCUT2D eigenvalue weighted by atomic mass is 31.2. The van der Waals surface area contributed by atoms with Crippen LogP contribution in [0.15, 0.2) is 0 Å². The van der Waals surface area contributed by atoms with Crippen molar-refractivity contribution in [2.45, 2.75) is 13.8 Å². The molecule has 0 aromatic heterocycles. The van der Waals surface area contributed by atoms with Crippen molar-refractivity contribution in [1.82, 2.24) is 0 Å². The third-order valence-corrected chi connectivity index (χ3v) is 2.74. The van der Waals surface area contributed by atoms with Gasteiger partial charge in [-0.2, -0.15) is 0 Å². The average Bonchev–Trinajstić information content (AvgIpc) is 2.15. The van der Waals surface area contributed by atoms with Crippen LogP contribution in [0.4, 0.5) is 0 Å². The fourth-order valence-corrected chi connectivity index (χ4v) is 1.74. The van der Waals surface area contributed by atoms with E-state index in [1.165, 1.54) is 7.11 Å². The van der Waals surface area contributed by atoms with Crippen molar-refractivity contribution in [1.29, 1.82) is 0 Å². The summed E-state index contributed by atoms with van der Waals surface area (Å²) in [5.74, 6) is -0.635. The number of hydrogen-bond donors (Lipinski definition) is 0. The predicted octanol–water partition coefficient (Wildman–Crippen LogP) is 1.36. The maximum absolute atomic E-state index is 11.6. The van der Waals surface area contributed by atoms with Gasteiger partial charge in [-0.05, 0) is 13.8 Å². The smallest absolute Gasteiger partial charge is 0.467 e. The summed E-state index contributed by atoms with van der Waals surface area (Å²) in [6.07, 6.45) is 0. The number of phosphoric acid groups is 1. The van der Waals surface area contributed by atoms with Gasteiger partial charge in [0.25, 0.3) is 0 Å². The average molecular weight is 226 g/mol. The van der Waals surface area contributed by atoms with Gasteiger partial charge in [-0.1, -0.05) is 0 Å². The fraction of sp³-hybridized carbons (Fsp3) is 0.857. The zero-order chi connectivity index (χ0) is 11.0.